The summed E-state index contributed by atoms with van der Waals surface area (Å²) in [6, 6.07) is 0.243. The van der Waals surface area contributed by atoms with Crippen molar-refractivity contribution in [1.82, 2.24) is 5.32 Å². The van der Waals surface area contributed by atoms with Crippen LogP contribution in [0, 0.1) is 23.7 Å². The van der Waals surface area contributed by atoms with E-state index in [9.17, 15) is 9.59 Å². The molecule has 2 saturated carbocycles. The number of hydrogen-bond donors (Lipinski definition) is 1. The van der Waals surface area contributed by atoms with Gasteiger partial charge in [-0.15, -0.1) is 0 Å². The number of nitrogens with one attached hydrogen (secondary N) is 1. The van der Waals surface area contributed by atoms with Crippen molar-refractivity contribution < 1.29 is 19.1 Å². The molecule has 0 aromatic carbocycles. The lowest BCUT2D eigenvalue weighted by atomic mass is 9.80. The van der Waals surface area contributed by atoms with Crippen LogP contribution in [0.15, 0.2) is 0 Å². The van der Waals surface area contributed by atoms with Gasteiger partial charge in [0.15, 0.2) is 0 Å². The first kappa shape index (κ1) is 23.3. The molecule has 0 bridgehead atoms. The molecule has 2 fully saturated rings. The van der Waals surface area contributed by atoms with E-state index in [0.717, 1.165) is 51.2 Å². The number of carbonyl (C=O) groups excluding carboxylic acids is 2. The summed E-state index contributed by atoms with van der Waals surface area (Å²) in [5.41, 5.74) is 0. The fraction of sp³-hybridized carbons (Fsp3) is 0.913. The molecule has 0 atom stereocenters. The Hall–Kier alpha value is -0.940. The Morgan fingerprint density at radius 2 is 1.54 bits per heavy atom. The highest BCUT2D eigenvalue weighted by atomic mass is 16.5. The Balaban J connectivity index is 1.48. The molecule has 2 rings (SSSR count). The number of ketones is 1. The van der Waals surface area contributed by atoms with Gasteiger partial charge in [0, 0.05) is 51.2 Å². The van der Waals surface area contributed by atoms with Crippen molar-refractivity contribution in [3.05, 3.63) is 0 Å². The van der Waals surface area contributed by atoms with E-state index in [4.69, 9.17) is 9.47 Å². The van der Waals surface area contributed by atoms with Crippen LogP contribution in [-0.2, 0) is 19.1 Å². The maximum atomic E-state index is 12.2. The SMILES string of the molecule is COCC1CCC(COCCCC(=O)NC2CCC(C(=O)C(C)C)CC2)CC1. The van der Waals surface area contributed by atoms with E-state index in [-0.39, 0.29) is 23.8 Å². The topological polar surface area (TPSA) is 64.6 Å². The van der Waals surface area contributed by atoms with Crippen LogP contribution >= 0.6 is 0 Å². The largest absolute Gasteiger partial charge is 0.384 e. The minimum Gasteiger partial charge on any atom is -0.384 e. The number of amides is 1. The monoisotopic (exact) mass is 395 g/mol. The fourth-order valence-corrected chi connectivity index (χ4v) is 4.68. The van der Waals surface area contributed by atoms with Crippen molar-refractivity contribution in [3.8, 4) is 0 Å². The molecule has 0 unspecified atom stereocenters. The van der Waals surface area contributed by atoms with E-state index in [2.05, 4.69) is 5.32 Å². The normalized spacial score (nSPS) is 28.3. The second-order valence-corrected chi connectivity index (χ2v) is 9.19. The Morgan fingerprint density at radius 3 is 2.11 bits per heavy atom. The van der Waals surface area contributed by atoms with Gasteiger partial charge in [-0.3, -0.25) is 9.59 Å². The predicted octanol–water partition coefficient (Wildman–Crippen LogP) is 4.14. The number of rotatable bonds is 11. The average molecular weight is 396 g/mol. The molecule has 0 heterocycles. The standard InChI is InChI=1S/C23H41NO4/c1-17(2)23(26)20-10-12-21(13-11-20)24-22(25)5-4-14-28-16-19-8-6-18(7-9-19)15-27-3/h17-21H,4-16H2,1-3H3,(H,24,25). The molecule has 0 spiro atoms. The van der Waals surface area contributed by atoms with Gasteiger partial charge in [-0.25, -0.2) is 0 Å². The molecule has 0 aliphatic heterocycles. The zero-order valence-corrected chi connectivity index (χ0v) is 18.2. The molecule has 2 aliphatic rings. The smallest absolute Gasteiger partial charge is 0.220 e. The molecule has 162 valence electrons. The van der Waals surface area contributed by atoms with E-state index in [1.54, 1.807) is 7.11 Å². The summed E-state index contributed by atoms with van der Waals surface area (Å²) in [6.45, 7) is 6.34. The van der Waals surface area contributed by atoms with Gasteiger partial charge in [-0.2, -0.15) is 0 Å². The van der Waals surface area contributed by atoms with Crippen molar-refractivity contribution >= 4 is 11.7 Å². The maximum Gasteiger partial charge on any atom is 0.220 e. The van der Waals surface area contributed by atoms with Crippen LogP contribution in [0.25, 0.3) is 0 Å². The summed E-state index contributed by atoms with van der Waals surface area (Å²) in [6.07, 6.45) is 9.96. The van der Waals surface area contributed by atoms with Crippen LogP contribution in [0.4, 0.5) is 0 Å². The fourth-order valence-electron chi connectivity index (χ4n) is 4.68. The molecule has 2 aliphatic carbocycles. The summed E-state index contributed by atoms with van der Waals surface area (Å²) in [5, 5.41) is 3.15. The van der Waals surface area contributed by atoms with Gasteiger partial charge in [-0.05, 0) is 69.6 Å². The lowest BCUT2D eigenvalue weighted by Gasteiger charge is -2.29. The zero-order valence-electron chi connectivity index (χ0n) is 18.2. The first-order valence-electron chi connectivity index (χ1n) is 11.4. The summed E-state index contributed by atoms with van der Waals surface area (Å²) < 4.78 is 11.1. The summed E-state index contributed by atoms with van der Waals surface area (Å²) >= 11 is 0. The highest BCUT2D eigenvalue weighted by Crippen LogP contribution is 2.29. The highest BCUT2D eigenvalue weighted by Gasteiger charge is 2.28. The summed E-state index contributed by atoms with van der Waals surface area (Å²) in [7, 11) is 1.78. The van der Waals surface area contributed by atoms with E-state index >= 15 is 0 Å². The maximum absolute atomic E-state index is 12.2. The van der Waals surface area contributed by atoms with Crippen LogP contribution in [0.2, 0.25) is 0 Å². The third-order valence-electron chi connectivity index (χ3n) is 6.48. The van der Waals surface area contributed by atoms with Gasteiger partial charge in [0.25, 0.3) is 0 Å². The van der Waals surface area contributed by atoms with Crippen molar-refractivity contribution in [3.63, 3.8) is 0 Å². The third-order valence-corrected chi connectivity index (χ3v) is 6.48. The second kappa shape index (κ2) is 12.6. The molecule has 28 heavy (non-hydrogen) atoms. The van der Waals surface area contributed by atoms with Gasteiger partial charge in [-0.1, -0.05) is 13.8 Å². The van der Waals surface area contributed by atoms with Crippen molar-refractivity contribution in [1.29, 1.82) is 0 Å². The van der Waals surface area contributed by atoms with Gasteiger partial charge in [0.2, 0.25) is 5.91 Å². The van der Waals surface area contributed by atoms with Crippen molar-refractivity contribution in [2.45, 2.75) is 84.1 Å². The molecule has 0 radical (unpaired) electrons. The molecular formula is C23H41NO4. The quantitative estimate of drug-likeness (QED) is 0.534. The highest BCUT2D eigenvalue weighted by molar-refractivity contribution is 5.83. The van der Waals surface area contributed by atoms with Gasteiger partial charge in [0.05, 0.1) is 0 Å². The van der Waals surface area contributed by atoms with E-state index in [0.29, 0.717) is 24.7 Å². The lowest BCUT2D eigenvalue weighted by Crippen LogP contribution is -2.39. The summed E-state index contributed by atoms with van der Waals surface area (Å²) in [5.74, 6) is 2.23. The number of Topliss-reactive ketones (excluding diaryl/α,β-unsaturated/α-hetero) is 1. The number of carbonyl (C=O) groups is 2. The van der Waals surface area contributed by atoms with Gasteiger partial charge >= 0.3 is 0 Å². The van der Waals surface area contributed by atoms with Crippen molar-refractivity contribution in [2.24, 2.45) is 23.7 Å². The minimum atomic E-state index is 0.122. The van der Waals surface area contributed by atoms with Crippen LogP contribution < -0.4 is 5.32 Å². The molecule has 0 aromatic rings. The molecule has 1 amide bonds. The molecular weight excluding hydrogens is 354 g/mol. The van der Waals surface area contributed by atoms with E-state index in [1.165, 1.54) is 25.7 Å². The second-order valence-electron chi connectivity index (χ2n) is 9.19. The number of methoxy groups -OCH3 is 1. The van der Waals surface area contributed by atoms with E-state index < -0.39 is 0 Å². The first-order chi connectivity index (χ1) is 13.5. The predicted molar refractivity (Wildman–Crippen MR) is 111 cm³/mol. The lowest BCUT2D eigenvalue weighted by molar-refractivity contribution is -0.127. The Bertz CT molecular complexity index is 463. The van der Waals surface area contributed by atoms with Crippen LogP contribution in [-0.4, -0.2) is 44.7 Å². The first-order valence-corrected chi connectivity index (χ1v) is 11.4. The molecule has 5 nitrogen and oxygen atoms in total. The molecule has 0 aromatic heterocycles. The number of ether oxygens (including phenoxy) is 2. The van der Waals surface area contributed by atoms with Crippen LogP contribution in [0.5, 0.6) is 0 Å². The Morgan fingerprint density at radius 1 is 0.929 bits per heavy atom. The summed E-state index contributed by atoms with van der Waals surface area (Å²) in [4.78, 5) is 24.2. The Kier molecular flexibility index (Phi) is 10.5. The van der Waals surface area contributed by atoms with Gasteiger partial charge in [0.1, 0.15) is 5.78 Å². The minimum absolute atomic E-state index is 0.122. The average Bonchev–Trinajstić information content (AvgIpc) is 2.69. The molecule has 0 saturated heterocycles. The van der Waals surface area contributed by atoms with Crippen LogP contribution in [0.3, 0.4) is 0 Å². The van der Waals surface area contributed by atoms with Crippen molar-refractivity contribution in [2.75, 3.05) is 26.9 Å². The number of hydrogen-bond acceptors (Lipinski definition) is 4. The zero-order chi connectivity index (χ0) is 20.4. The Labute approximate surface area is 171 Å². The molecule has 5 heteroatoms. The third kappa shape index (κ3) is 8.20. The van der Waals surface area contributed by atoms with Gasteiger partial charge < -0.3 is 14.8 Å². The van der Waals surface area contributed by atoms with E-state index in [1.807, 2.05) is 13.8 Å². The molecule has 1 N–H and O–H groups in total. The van der Waals surface area contributed by atoms with Crippen LogP contribution in [0.1, 0.15) is 78.1 Å².